The summed E-state index contributed by atoms with van der Waals surface area (Å²) in [6, 6.07) is 17.3. The Bertz CT molecular complexity index is 1550. The van der Waals surface area contributed by atoms with Gasteiger partial charge in [0.2, 0.25) is 0 Å². The monoisotopic (exact) mass is 516 g/mol. The highest BCUT2D eigenvalue weighted by atomic mass is 19.1. The van der Waals surface area contributed by atoms with Gasteiger partial charge in [-0.3, -0.25) is 9.69 Å². The van der Waals surface area contributed by atoms with Gasteiger partial charge < -0.3 is 14.1 Å². The summed E-state index contributed by atoms with van der Waals surface area (Å²) in [5.74, 6) is 1.86. The number of nitrogens with one attached hydrogen (secondary N) is 1. The molecule has 0 spiro atoms. The highest BCUT2D eigenvalue weighted by Gasteiger charge is 2.27. The van der Waals surface area contributed by atoms with E-state index >= 15 is 0 Å². The Morgan fingerprint density at radius 1 is 1.11 bits per heavy atom. The van der Waals surface area contributed by atoms with E-state index in [4.69, 9.17) is 9.15 Å². The lowest BCUT2D eigenvalue weighted by atomic mass is 10.1. The molecule has 38 heavy (non-hydrogen) atoms. The van der Waals surface area contributed by atoms with Gasteiger partial charge in [0.05, 0.1) is 32.0 Å². The fourth-order valence-electron chi connectivity index (χ4n) is 4.63. The Balaban J connectivity index is 1.49. The number of benzene rings is 2. The molecular formula is C28H29FN6O3. The molecule has 0 aliphatic rings. The number of tetrazole rings is 1. The van der Waals surface area contributed by atoms with Crippen LogP contribution in [-0.2, 0) is 19.6 Å². The SMILES string of the molecule is CCOc1ccc2[nH]c(=O)c(CN(Cc3ccco3)[C@@H](CC)c3nnnn3Cc3ccc(F)cc3)cc2c1. The van der Waals surface area contributed by atoms with Crippen LogP contribution in [0.2, 0.25) is 0 Å². The molecular weight excluding hydrogens is 487 g/mol. The molecule has 1 N–H and O–H groups in total. The predicted molar refractivity (Wildman–Crippen MR) is 140 cm³/mol. The van der Waals surface area contributed by atoms with Crippen molar-refractivity contribution in [2.24, 2.45) is 0 Å². The smallest absolute Gasteiger partial charge is 0.252 e. The molecule has 196 valence electrons. The lowest BCUT2D eigenvalue weighted by Crippen LogP contribution is -2.32. The number of ether oxygens (including phenoxy) is 1. The molecule has 10 heteroatoms. The zero-order valence-electron chi connectivity index (χ0n) is 21.3. The number of nitrogens with zero attached hydrogens (tertiary/aromatic N) is 5. The lowest BCUT2D eigenvalue weighted by Gasteiger charge is -2.29. The summed E-state index contributed by atoms with van der Waals surface area (Å²) in [4.78, 5) is 18.2. The second-order valence-electron chi connectivity index (χ2n) is 9.04. The van der Waals surface area contributed by atoms with Crippen LogP contribution in [0.5, 0.6) is 5.75 Å². The molecule has 0 saturated heterocycles. The van der Waals surface area contributed by atoms with Crippen molar-refractivity contribution in [1.29, 1.82) is 0 Å². The molecule has 0 bridgehead atoms. The number of pyridine rings is 1. The number of halogens is 1. The van der Waals surface area contributed by atoms with Crippen LogP contribution >= 0.6 is 0 Å². The number of aromatic nitrogens is 5. The standard InChI is InChI=1S/C28H29FN6O3/c1-3-26(27-31-32-33-35(27)16-19-7-9-22(29)10-8-19)34(18-24-6-5-13-38-24)17-21-14-20-15-23(37-4-2)11-12-25(20)30-28(21)36/h5-15,26H,3-4,16-18H2,1-2H3,(H,30,36)/t26-/m0/s1. The number of furan rings is 1. The van der Waals surface area contributed by atoms with Crippen molar-refractivity contribution in [1.82, 2.24) is 30.1 Å². The van der Waals surface area contributed by atoms with E-state index in [0.717, 1.165) is 28.0 Å². The first-order chi connectivity index (χ1) is 18.5. The van der Waals surface area contributed by atoms with Crippen LogP contribution in [0.15, 0.2) is 76.1 Å². The first kappa shape index (κ1) is 25.3. The number of rotatable bonds is 11. The fraction of sp³-hybridized carbons (Fsp3) is 0.286. The number of fused-ring (bicyclic) bond motifs is 1. The van der Waals surface area contributed by atoms with E-state index in [9.17, 15) is 9.18 Å². The van der Waals surface area contributed by atoms with Gasteiger partial charge in [-0.05, 0) is 77.9 Å². The average Bonchev–Trinajstić information content (AvgIpc) is 3.59. The Hall–Kier alpha value is -4.31. The van der Waals surface area contributed by atoms with E-state index < -0.39 is 0 Å². The van der Waals surface area contributed by atoms with Crippen LogP contribution in [0.3, 0.4) is 0 Å². The first-order valence-electron chi connectivity index (χ1n) is 12.6. The average molecular weight is 517 g/mol. The van der Waals surface area contributed by atoms with E-state index in [1.54, 1.807) is 23.1 Å². The van der Waals surface area contributed by atoms with Crippen molar-refractivity contribution < 1.29 is 13.5 Å². The molecule has 5 aromatic rings. The summed E-state index contributed by atoms with van der Waals surface area (Å²) in [6.07, 6.45) is 2.32. The molecule has 3 heterocycles. The first-order valence-corrected chi connectivity index (χ1v) is 12.6. The largest absolute Gasteiger partial charge is 0.494 e. The second kappa shape index (κ2) is 11.4. The zero-order valence-corrected chi connectivity index (χ0v) is 21.3. The van der Waals surface area contributed by atoms with Gasteiger partial charge in [-0.1, -0.05) is 19.1 Å². The van der Waals surface area contributed by atoms with Crippen molar-refractivity contribution in [3.05, 3.63) is 106 Å². The number of hydrogen-bond acceptors (Lipinski definition) is 7. The minimum Gasteiger partial charge on any atom is -0.494 e. The second-order valence-corrected chi connectivity index (χ2v) is 9.04. The van der Waals surface area contributed by atoms with Crippen LogP contribution in [0.4, 0.5) is 4.39 Å². The Morgan fingerprint density at radius 2 is 1.95 bits per heavy atom. The Kier molecular flexibility index (Phi) is 7.60. The molecule has 5 rings (SSSR count). The third-order valence-corrected chi connectivity index (χ3v) is 6.45. The molecule has 0 unspecified atom stereocenters. The molecule has 0 saturated carbocycles. The van der Waals surface area contributed by atoms with Crippen LogP contribution < -0.4 is 10.3 Å². The molecule has 2 aromatic carbocycles. The van der Waals surface area contributed by atoms with Crippen molar-refractivity contribution in [3.8, 4) is 5.75 Å². The van der Waals surface area contributed by atoms with Gasteiger partial charge in [-0.15, -0.1) is 5.10 Å². The molecule has 0 fully saturated rings. The molecule has 3 aromatic heterocycles. The van der Waals surface area contributed by atoms with Gasteiger partial charge in [0.1, 0.15) is 17.3 Å². The third kappa shape index (κ3) is 5.65. The maximum atomic E-state index is 13.4. The van der Waals surface area contributed by atoms with Gasteiger partial charge in [-0.25, -0.2) is 9.07 Å². The van der Waals surface area contributed by atoms with E-state index in [1.165, 1.54) is 12.1 Å². The number of aromatic amines is 1. The molecule has 0 aliphatic carbocycles. The van der Waals surface area contributed by atoms with E-state index in [-0.39, 0.29) is 17.4 Å². The molecule has 1 atom stereocenters. The minimum absolute atomic E-state index is 0.160. The molecule has 9 nitrogen and oxygen atoms in total. The minimum atomic E-state index is -0.296. The van der Waals surface area contributed by atoms with Crippen molar-refractivity contribution >= 4 is 10.9 Å². The highest BCUT2D eigenvalue weighted by molar-refractivity contribution is 5.80. The van der Waals surface area contributed by atoms with Crippen LogP contribution in [0.25, 0.3) is 10.9 Å². The van der Waals surface area contributed by atoms with Gasteiger partial charge in [0.25, 0.3) is 5.56 Å². The van der Waals surface area contributed by atoms with E-state index in [0.29, 0.717) is 44.0 Å². The Morgan fingerprint density at radius 3 is 2.68 bits per heavy atom. The molecule has 0 radical (unpaired) electrons. The van der Waals surface area contributed by atoms with Crippen LogP contribution in [-0.4, -0.2) is 36.7 Å². The summed E-state index contributed by atoms with van der Waals surface area (Å²) in [7, 11) is 0. The maximum Gasteiger partial charge on any atom is 0.252 e. The summed E-state index contributed by atoms with van der Waals surface area (Å²) in [5.41, 5.74) is 2.07. The van der Waals surface area contributed by atoms with Crippen molar-refractivity contribution in [2.45, 2.75) is 45.9 Å². The van der Waals surface area contributed by atoms with E-state index in [2.05, 4.69) is 32.3 Å². The van der Waals surface area contributed by atoms with Crippen molar-refractivity contribution in [3.63, 3.8) is 0 Å². The normalized spacial score (nSPS) is 12.3. The molecule has 0 amide bonds. The van der Waals surface area contributed by atoms with Gasteiger partial charge in [0.15, 0.2) is 5.82 Å². The van der Waals surface area contributed by atoms with Gasteiger partial charge in [-0.2, -0.15) is 0 Å². The number of H-pyrrole nitrogens is 1. The van der Waals surface area contributed by atoms with Gasteiger partial charge in [0, 0.05) is 23.0 Å². The third-order valence-electron chi connectivity index (χ3n) is 6.45. The van der Waals surface area contributed by atoms with Crippen LogP contribution in [0, 0.1) is 5.82 Å². The zero-order chi connectivity index (χ0) is 26.5. The van der Waals surface area contributed by atoms with Crippen LogP contribution in [0.1, 0.15) is 49.0 Å². The summed E-state index contributed by atoms with van der Waals surface area (Å²) >= 11 is 0. The van der Waals surface area contributed by atoms with Gasteiger partial charge >= 0.3 is 0 Å². The summed E-state index contributed by atoms with van der Waals surface area (Å²) < 4.78 is 26.4. The summed E-state index contributed by atoms with van der Waals surface area (Å²) in [6.45, 7) is 5.73. The maximum absolute atomic E-state index is 13.4. The topological polar surface area (TPSA) is 102 Å². The quantitative estimate of drug-likeness (QED) is 0.268. The predicted octanol–water partition coefficient (Wildman–Crippen LogP) is 4.85. The summed E-state index contributed by atoms with van der Waals surface area (Å²) in [5, 5.41) is 13.4. The fourth-order valence-corrected chi connectivity index (χ4v) is 4.63. The Labute approximate surface area is 218 Å². The van der Waals surface area contributed by atoms with E-state index in [1.807, 2.05) is 43.3 Å². The number of hydrogen-bond donors (Lipinski definition) is 1. The molecule has 0 aliphatic heterocycles. The lowest BCUT2D eigenvalue weighted by molar-refractivity contribution is 0.149. The van der Waals surface area contributed by atoms with Crippen molar-refractivity contribution in [2.75, 3.05) is 6.61 Å². The highest BCUT2D eigenvalue weighted by Crippen LogP contribution is 2.27.